The van der Waals surface area contributed by atoms with Crippen molar-refractivity contribution in [3.63, 3.8) is 0 Å². The van der Waals surface area contributed by atoms with Gasteiger partial charge in [-0.25, -0.2) is 0 Å². The molecule has 0 unspecified atom stereocenters. The van der Waals surface area contributed by atoms with Crippen molar-refractivity contribution in [1.82, 2.24) is 0 Å². The minimum absolute atomic E-state index is 0.520. The van der Waals surface area contributed by atoms with E-state index in [2.05, 4.69) is 52.0 Å². The molecule has 0 atom stereocenters. The van der Waals surface area contributed by atoms with Crippen LogP contribution in [0.3, 0.4) is 0 Å². The van der Waals surface area contributed by atoms with Gasteiger partial charge in [0.1, 0.15) is 11.5 Å². The van der Waals surface area contributed by atoms with E-state index in [1.807, 2.05) is 36.4 Å². The van der Waals surface area contributed by atoms with Gasteiger partial charge in [-0.05, 0) is 59.1 Å². The van der Waals surface area contributed by atoms with Gasteiger partial charge in [-0.1, -0.05) is 114 Å². The molecule has 3 aromatic rings. The molecule has 4 nitrogen and oxygen atoms in total. The van der Waals surface area contributed by atoms with Crippen LogP contribution in [0.25, 0.3) is 0 Å². The summed E-state index contributed by atoms with van der Waals surface area (Å²) < 4.78 is 9.99. The lowest BCUT2D eigenvalue weighted by Gasteiger charge is -2.07. The third-order valence-electron chi connectivity index (χ3n) is 6.13. The number of hydrogen-bond acceptors (Lipinski definition) is 4. The van der Waals surface area contributed by atoms with Gasteiger partial charge in [0.15, 0.2) is 0 Å². The van der Waals surface area contributed by atoms with Crippen molar-refractivity contribution in [1.29, 1.82) is 0 Å². The quantitative estimate of drug-likeness (QED) is 0.250. The SMILES string of the molecule is CCCc1cccc(CCC)c1O.CCCc1cccc(CCC)c1O.COCc1ccc(COC)cc1. The van der Waals surface area contributed by atoms with Crippen LogP contribution in [0.1, 0.15) is 86.8 Å². The molecule has 0 saturated carbocycles. The number of phenols is 2. The van der Waals surface area contributed by atoms with E-state index in [9.17, 15) is 10.2 Å². The van der Waals surface area contributed by atoms with Crippen LogP contribution >= 0.6 is 0 Å². The van der Waals surface area contributed by atoms with Crippen LogP contribution in [-0.2, 0) is 48.4 Å². The largest absolute Gasteiger partial charge is 0.507 e. The van der Waals surface area contributed by atoms with Crippen molar-refractivity contribution in [2.24, 2.45) is 0 Å². The minimum Gasteiger partial charge on any atom is -0.507 e. The zero-order valence-corrected chi connectivity index (χ0v) is 24.6. The molecule has 0 amide bonds. The van der Waals surface area contributed by atoms with Gasteiger partial charge in [-0.2, -0.15) is 0 Å². The molecule has 3 aromatic carbocycles. The predicted octanol–water partition coefficient (Wildman–Crippen LogP) is 8.57. The Morgan fingerprint density at radius 3 is 0.947 bits per heavy atom. The fourth-order valence-electron chi connectivity index (χ4n) is 4.24. The fraction of sp³-hybridized carbons (Fsp3) is 0.471. The molecule has 0 aliphatic rings. The van der Waals surface area contributed by atoms with Gasteiger partial charge >= 0.3 is 0 Å². The molecule has 3 rings (SSSR count). The molecule has 4 heteroatoms. The first-order valence-corrected chi connectivity index (χ1v) is 14.1. The van der Waals surface area contributed by atoms with E-state index >= 15 is 0 Å². The summed E-state index contributed by atoms with van der Waals surface area (Å²) in [6, 6.07) is 20.3. The van der Waals surface area contributed by atoms with E-state index in [1.54, 1.807) is 14.2 Å². The van der Waals surface area contributed by atoms with Crippen LogP contribution in [0.2, 0.25) is 0 Å². The Kier molecular flexibility index (Phi) is 17.6. The second-order valence-corrected chi connectivity index (χ2v) is 9.53. The Bertz CT molecular complexity index is 880. The average molecular weight is 523 g/mol. The number of aryl methyl sites for hydroxylation is 4. The van der Waals surface area contributed by atoms with Crippen LogP contribution in [-0.4, -0.2) is 24.4 Å². The van der Waals surface area contributed by atoms with Crippen LogP contribution < -0.4 is 0 Å². The van der Waals surface area contributed by atoms with Crippen molar-refractivity contribution in [2.75, 3.05) is 14.2 Å². The Morgan fingerprint density at radius 2 is 0.737 bits per heavy atom. The predicted molar refractivity (Wildman–Crippen MR) is 160 cm³/mol. The highest BCUT2D eigenvalue weighted by molar-refractivity contribution is 5.41. The third kappa shape index (κ3) is 12.1. The maximum absolute atomic E-state index is 9.85. The first kappa shape index (κ1) is 33.2. The Labute approximate surface area is 231 Å². The van der Waals surface area contributed by atoms with E-state index < -0.39 is 0 Å². The highest BCUT2D eigenvalue weighted by Crippen LogP contribution is 2.25. The van der Waals surface area contributed by atoms with Crippen molar-refractivity contribution in [3.8, 4) is 11.5 Å². The molecular weight excluding hydrogens is 472 g/mol. The molecule has 0 aliphatic heterocycles. The summed E-state index contributed by atoms with van der Waals surface area (Å²) in [5, 5.41) is 19.7. The lowest BCUT2D eigenvalue weighted by molar-refractivity contribution is 0.182. The van der Waals surface area contributed by atoms with Crippen molar-refractivity contribution in [2.45, 2.75) is 92.3 Å². The summed E-state index contributed by atoms with van der Waals surface area (Å²) in [4.78, 5) is 0. The summed E-state index contributed by atoms with van der Waals surface area (Å²) in [7, 11) is 3.39. The van der Waals surface area contributed by atoms with E-state index in [0.29, 0.717) is 24.7 Å². The first-order chi connectivity index (χ1) is 18.4. The van der Waals surface area contributed by atoms with Gasteiger partial charge in [-0.15, -0.1) is 0 Å². The van der Waals surface area contributed by atoms with E-state index in [-0.39, 0.29) is 0 Å². The molecule has 0 heterocycles. The van der Waals surface area contributed by atoms with E-state index in [1.165, 1.54) is 11.1 Å². The normalized spacial score (nSPS) is 10.3. The molecule has 0 bridgehead atoms. The number of ether oxygens (including phenoxy) is 2. The van der Waals surface area contributed by atoms with Crippen LogP contribution in [0.5, 0.6) is 11.5 Å². The fourth-order valence-corrected chi connectivity index (χ4v) is 4.24. The van der Waals surface area contributed by atoms with E-state index in [4.69, 9.17) is 9.47 Å². The molecule has 0 aromatic heterocycles. The van der Waals surface area contributed by atoms with Crippen molar-refractivity contribution < 1.29 is 19.7 Å². The average Bonchev–Trinajstić information content (AvgIpc) is 2.92. The third-order valence-corrected chi connectivity index (χ3v) is 6.13. The molecule has 2 N–H and O–H groups in total. The van der Waals surface area contributed by atoms with Crippen molar-refractivity contribution >= 4 is 0 Å². The zero-order chi connectivity index (χ0) is 28.2. The molecule has 0 radical (unpaired) electrons. The Hall–Kier alpha value is -2.82. The van der Waals surface area contributed by atoms with Crippen molar-refractivity contribution in [3.05, 3.63) is 94.0 Å². The van der Waals surface area contributed by atoms with Gasteiger partial charge in [0.25, 0.3) is 0 Å². The molecule has 0 spiro atoms. The summed E-state index contributed by atoms with van der Waals surface area (Å²) >= 11 is 0. The van der Waals surface area contributed by atoms with Gasteiger partial charge in [0, 0.05) is 14.2 Å². The summed E-state index contributed by atoms with van der Waals surface area (Å²) in [5.74, 6) is 1.04. The second-order valence-electron chi connectivity index (χ2n) is 9.53. The minimum atomic E-state index is 0.520. The summed E-state index contributed by atoms with van der Waals surface area (Å²) in [6.07, 6.45) is 8.25. The topological polar surface area (TPSA) is 58.9 Å². The number of rotatable bonds is 12. The summed E-state index contributed by atoms with van der Waals surface area (Å²) in [6.45, 7) is 9.87. The highest BCUT2D eigenvalue weighted by atomic mass is 16.5. The maximum atomic E-state index is 9.85. The standard InChI is InChI=1S/2C12H18O.C10H14O2/c2*1-3-6-10-8-5-9-11(7-4-2)12(10)13;1-11-7-9-3-5-10(6-4-9)8-12-2/h2*5,8-9,13H,3-4,6-7H2,1-2H3;3-6H,7-8H2,1-2H3. The van der Waals surface area contributed by atoms with Gasteiger partial charge in [-0.3, -0.25) is 0 Å². The number of para-hydroxylation sites is 2. The van der Waals surface area contributed by atoms with Gasteiger partial charge in [0.05, 0.1) is 13.2 Å². The van der Waals surface area contributed by atoms with Crippen LogP contribution in [0, 0.1) is 0 Å². The molecular formula is C34H50O4. The lowest BCUT2D eigenvalue weighted by atomic mass is 10.0. The van der Waals surface area contributed by atoms with Crippen LogP contribution in [0.4, 0.5) is 0 Å². The highest BCUT2D eigenvalue weighted by Gasteiger charge is 2.05. The second kappa shape index (κ2) is 20.2. The Balaban J connectivity index is 0.000000285. The van der Waals surface area contributed by atoms with Gasteiger partial charge < -0.3 is 19.7 Å². The smallest absolute Gasteiger partial charge is 0.121 e. The summed E-state index contributed by atoms with van der Waals surface area (Å²) in [5.41, 5.74) is 6.75. The van der Waals surface area contributed by atoms with Crippen LogP contribution in [0.15, 0.2) is 60.7 Å². The molecule has 0 aliphatic carbocycles. The molecule has 210 valence electrons. The van der Waals surface area contributed by atoms with E-state index in [0.717, 1.165) is 73.6 Å². The molecule has 38 heavy (non-hydrogen) atoms. The number of hydrogen-bond donors (Lipinski definition) is 2. The monoisotopic (exact) mass is 522 g/mol. The molecule has 0 fully saturated rings. The first-order valence-electron chi connectivity index (χ1n) is 14.1. The maximum Gasteiger partial charge on any atom is 0.121 e. The lowest BCUT2D eigenvalue weighted by Crippen LogP contribution is -1.90. The Morgan fingerprint density at radius 1 is 0.474 bits per heavy atom. The van der Waals surface area contributed by atoms with Gasteiger partial charge in [0.2, 0.25) is 0 Å². The number of benzene rings is 3. The number of phenolic OH excluding ortho intramolecular Hbond substituents is 2. The molecule has 0 saturated heterocycles. The number of methoxy groups -OCH3 is 2. The number of aromatic hydroxyl groups is 2. The zero-order valence-electron chi connectivity index (χ0n) is 24.6.